The van der Waals surface area contributed by atoms with Gasteiger partial charge in [-0.15, -0.1) is 0 Å². The Balaban J connectivity index is 1.85. The number of hydrogen-bond acceptors (Lipinski definition) is 4. The van der Waals surface area contributed by atoms with Gasteiger partial charge in [-0.25, -0.2) is 4.79 Å². The highest BCUT2D eigenvalue weighted by Crippen LogP contribution is 2.16. The topological polar surface area (TPSA) is 105 Å². The van der Waals surface area contributed by atoms with Gasteiger partial charge in [0.2, 0.25) is 11.8 Å². The molecule has 0 saturated carbocycles. The number of aryl methyl sites for hydroxylation is 2. The molecular weight excluding hydrogens is 360 g/mol. The van der Waals surface area contributed by atoms with E-state index in [1.807, 2.05) is 31.2 Å². The first-order valence-corrected chi connectivity index (χ1v) is 8.85. The number of carboxylic acids is 1. The molecule has 0 heterocycles. The third kappa shape index (κ3) is 6.85. The van der Waals surface area contributed by atoms with Gasteiger partial charge in [-0.2, -0.15) is 0 Å². The molecule has 2 amide bonds. The van der Waals surface area contributed by atoms with E-state index in [1.54, 1.807) is 6.07 Å². The second kappa shape index (κ2) is 10.2. The van der Waals surface area contributed by atoms with Crippen molar-refractivity contribution in [3.05, 3.63) is 64.7 Å². The van der Waals surface area contributed by atoms with Crippen molar-refractivity contribution in [1.82, 2.24) is 5.32 Å². The van der Waals surface area contributed by atoms with Crippen LogP contribution in [-0.2, 0) is 27.4 Å². The van der Waals surface area contributed by atoms with Gasteiger partial charge in [0.1, 0.15) is 0 Å². The Bertz CT molecular complexity index is 846. The van der Waals surface area contributed by atoms with Crippen molar-refractivity contribution < 1.29 is 24.2 Å². The smallest absolute Gasteiger partial charge is 0.335 e. The zero-order chi connectivity index (χ0) is 20.5. The van der Waals surface area contributed by atoms with Crippen molar-refractivity contribution in [3.8, 4) is 0 Å². The third-order valence-corrected chi connectivity index (χ3v) is 4.04. The fraction of sp³-hybridized carbons (Fsp3) is 0.286. The van der Waals surface area contributed by atoms with Crippen molar-refractivity contribution in [2.24, 2.45) is 0 Å². The van der Waals surface area contributed by atoms with Crippen LogP contribution in [0.25, 0.3) is 0 Å². The molecule has 0 saturated heterocycles. The van der Waals surface area contributed by atoms with Crippen LogP contribution in [0.2, 0.25) is 0 Å². The number of nitrogens with one attached hydrogen (secondary N) is 2. The van der Waals surface area contributed by atoms with Gasteiger partial charge in [0.25, 0.3) is 0 Å². The summed E-state index contributed by atoms with van der Waals surface area (Å²) < 4.78 is 5.01. The standard InChI is InChI=1S/C21H24N2O5/c1-14-3-5-15(6-4-14)7-8-19(24)22-12-20(25)23-18-10-16(13-28-2)9-17(11-18)21(26)27/h3-6,9-11H,7-8,12-13H2,1-2H3,(H,22,24)(H,23,25)(H,26,27). The Kier molecular flexibility index (Phi) is 7.71. The Hall–Kier alpha value is -3.19. The molecule has 0 aliphatic carbocycles. The van der Waals surface area contributed by atoms with Crippen molar-refractivity contribution in [1.29, 1.82) is 0 Å². The van der Waals surface area contributed by atoms with E-state index in [0.717, 1.165) is 11.1 Å². The molecule has 0 aliphatic rings. The van der Waals surface area contributed by atoms with Crippen molar-refractivity contribution >= 4 is 23.5 Å². The third-order valence-electron chi connectivity index (χ3n) is 4.04. The number of carbonyl (C=O) groups excluding carboxylic acids is 2. The van der Waals surface area contributed by atoms with E-state index in [1.165, 1.54) is 19.2 Å². The molecule has 0 spiro atoms. The summed E-state index contributed by atoms with van der Waals surface area (Å²) in [5.74, 6) is -1.76. The van der Waals surface area contributed by atoms with Crippen LogP contribution >= 0.6 is 0 Å². The zero-order valence-electron chi connectivity index (χ0n) is 16.0. The van der Waals surface area contributed by atoms with Crippen molar-refractivity contribution in [2.45, 2.75) is 26.4 Å². The van der Waals surface area contributed by atoms with E-state index in [4.69, 9.17) is 9.84 Å². The molecule has 2 rings (SSSR count). The number of carboxylic acid groups (broad SMARTS) is 1. The van der Waals surface area contributed by atoms with Crippen molar-refractivity contribution in [2.75, 3.05) is 19.0 Å². The average molecular weight is 384 g/mol. The van der Waals surface area contributed by atoms with Gasteiger partial charge >= 0.3 is 5.97 Å². The number of hydrogen-bond donors (Lipinski definition) is 3. The highest BCUT2D eigenvalue weighted by atomic mass is 16.5. The summed E-state index contributed by atoms with van der Waals surface area (Å²) in [7, 11) is 1.50. The quantitative estimate of drug-likeness (QED) is 0.616. The maximum atomic E-state index is 12.1. The summed E-state index contributed by atoms with van der Waals surface area (Å²) in [4.78, 5) is 35.2. The molecular formula is C21H24N2O5. The second-order valence-corrected chi connectivity index (χ2v) is 6.47. The van der Waals surface area contributed by atoms with Gasteiger partial charge in [-0.3, -0.25) is 9.59 Å². The molecule has 0 aliphatic heterocycles. The maximum absolute atomic E-state index is 12.1. The van der Waals surface area contributed by atoms with Crippen molar-refractivity contribution in [3.63, 3.8) is 0 Å². The van der Waals surface area contributed by atoms with E-state index in [2.05, 4.69) is 10.6 Å². The van der Waals surface area contributed by atoms with Crippen LogP contribution in [0, 0.1) is 6.92 Å². The number of carbonyl (C=O) groups is 3. The normalized spacial score (nSPS) is 10.4. The number of anilines is 1. The molecule has 7 heteroatoms. The first kappa shape index (κ1) is 21.1. The lowest BCUT2D eigenvalue weighted by Crippen LogP contribution is -2.33. The molecule has 7 nitrogen and oxygen atoms in total. The summed E-state index contributed by atoms with van der Waals surface area (Å²) in [6.45, 7) is 2.03. The van der Waals surface area contributed by atoms with E-state index >= 15 is 0 Å². The van der Waals surface area contributed by atoms with Crippen LogP contribution in [0.15, 0.2) is 42.5 Å². The van der Waals surface area contributed by atoms with E-state index in [9.17, 15) is 14.4 Å². The van der Waals surface area contributed by atoms with E-state index in [0.29, 0.717) is 17.7 Å². The fourth-order valence-corrected chi connectivity index (χ4v) is 2.62. The Morgan fingerprint density at radius 3 is 2.36 bits per heavy atom. The van der Waals surface area contributed by atoms with Crippen LogP contribution in [0.4, 0.5) is 5.69 Å². The summed E-state index contributed by atoms with van der Waals surface area (Å²) in [5, 5.41) is 14.3. The van der Waals surface area contributed by atoms with Gasteiger partial charge in [-0.1, -0.05) is 29.8 Å². The molecule has 148 valence electrons. The molecule has 3 N–H and O–H groups in total. The minimum absolute atomic E-state index is 0.0481. The Labute approximate surface area is 163 Å². The highest BCUT2D eigenvalue weighted by molar-refractivity contribution is 5.96. The summed E-state index contributed by atoms with van der Waals surface area (Å²) in [5.41, 5.74) is 3.23. The predicted molar refractivity (Wildman–Crippen MR) is 105 cm³/mol. The molecule has 0 aromatic heterocycles. The molecule has 0 bridgehead atoms. The minimum atomic E-state index is -1.10. The SMILES string of the molecule is COCc1cc(NC(=O)CNC(=O)CCc2ccc(C)cc2)cc(C(=O)O)c1. The highest BCUT2D eigenvalue weighted by Gasteiger charge is 2.11. The molecule has 0 atom stereocenters. The van der Waals surface area contributed by atoms with Gasteiger partial charge < -0.3 is 20.5 Å². The monoisotopic (exact) mass is 384 g/mol. The van der Waals surface area contributed by atoms with Crippen LogP contribution in [0.5, 0.6) is 0 Å². The first-order chi connectivity index (χ1) is 13.4. The van der Waals surface area contributed by atoms with Crippen LogP contribution in [-0.4, -0.2) is 36.5 Å². The van der Waals surface area contributed by atoms with Gasteiger partial charge in [0.05, 0.1) is 18.7 Å². The second-order valence-electron chi connectivity index (χ2n) is 6.47. The van der Waals surface area contributed by atoms with Gasteiger partial charge in [0.15, 0.2) is 0 Å². The summed E-state index contributed by atoms with van der Waals surface area (Å²) in [6, 6.07) is 12.4. The number of methoxy groups -OCH3 is 1. The number of rotatable bonds is 9. The lowest BCUT2D eigenvalue weighted by atomic mass is 10.1. The number of ether oxygens (including phenoxy) is 1. The van der Waals surface area contributed by atoms with E-state index < -0.39 is 11.9 Å². The summed E-state index contributed by atoms with van der Waals surface area (Å²) >= 11 is 0. The lowest BCUT2D eigenvalue weighted by Gasteiger charge is -2.10. The Morgan fingerprint density at radius 1 is 1.00 bits per heavy atom. The first-order valence-electron chi connectivity index (χ1n) is 8.85. The fourth-order valence-electron chi connectivity index (χ4n) is 2.62. The average Bonchev–Trinajstić information content (AvgIpc) is 2.66. The molecule has 2 aromatic carbocycles. The Morgan fingerprint density at radius 2 is 1.71 bits per heavy atom. The zero-order valence-corrected chi connectivity index (χ0v) is 16.0. The van der Waals surface area contributed by atoms with E-state index in [-0.39, 0.29) is 31.0 Å². The molecule has 0 radical (unpaired) electrons. The molecule has 2 aromatic rings. The maximum Gasteiger partial charge on any atom is 0.335 e. The van der Waals surface area contributed by atoms with Crippen LogP contribution in [0.3, 0.4) is 0 Å². The predicted octanol–water partition coefficient (Wildman–Crippen LogP) is 2.53. The van der Waals surface area contributed by atoms with Gasteiger partial charge in [-0.05, 0) is 42.7 Å². The molecule has 0 fully saturated rings. The minimum Gasteiger partial charge on any atom is -0.478 e. The lowest BCUT2D eigenvalue weighted by molar-refractivity contribution is -0.124. The number of benzene rings is 2. The number of aromatic carboxylic acids is 1. The van der Waals surface area contributed by atoms with Gasteiger partial charge in [0, 0.05) is 19.2 Å². The largest absolute Gasteiger partial charge is 0.478 e. The number of amides is 2. The van der Waals surface area contributed by atoms with Crippen LogP contribution in [0.1, 0.15) is 33.5 Å². The molecule has 0 unspecified atom stereocenters. The summed E-state index contributed by atoms with van der Waals surface area (Å²) in [6.07, 6.45) is 0.873. The molecule has 28 heavy (non-hydrogen) atoms. The van der Waals surface area contributed by atoms with Crippen LogP contribution < -0.4 is 10.6 Å².